The van der Waals surface area contributed by atoms with Crippen molar-refractivity contribution in [2.45, 2.75) is 39.4 Å². The Labute approximate surface area is 72.7 Å². The largest absolute Gasteiger partial charge is 0.269 e. The molecule has 0 aliphatic carbocycles. The molecule has 0 aromatic rings. The van der Waals surface area contributed by atoms with Crippen LogP contribution in [0.1, 0.15) is 27.2 Å². The first-order valence-corrected chi connectivity index (χ1v) is 4.27. The third-order valence-corrected chi connectivity index (χ3v) is 2.09. The monoisotopic (exact) mass is 175 g/mol. The van der Waals surface area contributed by atoms with Gasteiger partial charge in [0.15, 0.2) is 0 Å². The number of halogens is 1. The van der Waals surface area contributed by atoms with Crippen LogP contribution in [0.25, 0.3) is 0 Å². The van der Waals surface area contributed by atoms with Crippen LogP contribution in [0.15, 0.2) is 5.10 Å². The van der Waals surface area contributed by atoms with Crippen LogP contribution in [0.4, 0.5) is 0 Å². The van der Waals surface area contributed by atoms with Gasteiger partial charge in [0.25, 0.3) is 0 Å². The molecular weight excluding hydrogens is 162 g/mol. The minimum Gasteiger partial charge on any atom is -0.269 e. The Morgan fingerprint density at radius 2 is 2.27 bits per heavy atom. The summed E-state index contributed by atoms with van der Waals surface area (Å²) < 4.78 is 1.62. The molecule has 1 aliphatic rings. The molecule has 0 fully saturated rings. The Morgan fingerprint density at radius 3 is 2.64 bits per heavy atom. The summed E-state index contributed by atoms with van der Waals surface area (Å²) in [5, 5.41) is 6.18. The zero-order valence-electron chi connectivity index (χ0n) is 7.16. The third kappa shape index (κ3) is 1.59. The lowest BCUT2D eigenvalue weighted by Crippen LogP contribution is -2.38. The van der Waals surface area contributed by atoms with E-state index in [1.165, 1.54) is 0 Å². The van der Waals surface area contributed by atoms with Crippen molar-refractivity contribution in [3.8, 4) is 0 Å². The van der Waals surface area contributed by atoms with E-state index in [0.29, 0.717) is 6.04 Å². The lowest BCUT2D eigenvalue weighted by Gasteiger charge is -2.28. The second kappa shape index (κ2) is 3.30. The molecule has 1 heterocycles. The fraction of sp³-hybridized carbons (Fsp3) is 0.857. The maximum atomic E-state index is 5.86. The third-order valence-electron chi connectivity index (χ3n) is 1.78. The lowest BCUT2D eigenvalue weighted by molar-refractivity contribution is 0.132. The average Bonchev–Trinajstić information content (AvgIpc) is 2.30. The Bertz CT molecular complexity index is 158. The summed E-state index contributed by atoms with van der Waals surface area (Å²) in [6.45, 7) is 6.32. The summed E-state index contributed by atoms with van der Waals surface area (Å²) in [6.07, 6.45) is 2.88. The normalized spacial score (nSPS) is 23.9. The Hall–Kier alpha value is -0.440. The summed E-state index contributed by atoms with van der Waals surface area (Å²) >= 11 is 5.86. The van der Waals surface area contributed by atoms with Crippen molar-refractivity contribution in [2.75, 3.05) is 0 Å². The van der Waals surface area contributed by atoms with E-state index in [4.69, 9.17) is 11.8 Å². The van der Waals surface area contributed by atoms with Gasteiger partial charge in [0.1, 0.15) is 12.5 Å². The van der Waals surface area contributed by atoms with Gasteiger partial charge in [0.2, 0.25) is 0 Å². The average molecular weight is 176 g/mol. The first kappa shape index (κ1) is 8.65. The van der Waals surface area contributed by atoms with Crippen LogP contribution in [0.2, 0.25) is 0 Å². The fourth-order valence-corrected chi connectivity index (χ4v) is 1.48. The molecule has 0 spiro atoms. The second-order valence-corrected chi connectivity index (χ2v) is 3.33. The van der Waals surface area contributed by atoms with E-state index in [1.54, 1.807) is 10.8 Å². The zero-order valence-corrected chi connectivity index (χ0v) is 7.91. The van der Waals surface area contributed by atoms with Crippen LogP contribution >= 0.6 is 11.8 Å². The van der Waals surface area contributed by atoms with E-state index in [1.807, 2.05) is 5.01 Å². The van der Waals surface area contributed by atoms with Crippen LogP contribution in [-0.2, 0) is 0 Å². The highest BCUT2D eigenvalue weighted by atomic mass is 35.5. The van der Waals surface area contributed by atoms with Crippen molar-refractivity contribution in [3.63, 3.8) is 0 Å². The summed E-state index contributed by atoms with van der Waals surface area (Å²) in [5.41, 5.74) is 0. The minimum absolute atomic E-state index is 0.233. The molecule has 4 heteroatoms. The van der Waals surface area contributed by atoms with E-state index in [2.05, 4.69) is 25.9 Å². The number of hydrogen-bond donors (Lipinski definition) is 0. The summed E-state index contributed by atoms with van der Waals surface area (Å²) in [4.78, 5) is 0. The summed E-state index contributed by atoms with van der Waals surface area (Å²) in [6, 6.07) is 0.417. The number of nitrogens with zero attached hydrogens (tertiary/aromatic N) is 3. The maximum absolute atomic E-state index is 5.86. The van der Waals surface area contributed by atoms with Gasteiger partial charge in [-0.3, -0.25) is 5.01 Å². The van der Waals surface area contributed by atoms with Gasteiger partial charge in [-0.2, -0.15) is 5.10 Å². The molecule has 1 aliphatic heterocycles. The molecule has 0 saturated heterocycles. The predicted molar refractivity (Wildman–Crippen MR) is 47.2 cm³/mol. The van der Waals surface area contributed by atoms with Crippen LogP contribution < -0.4 is 0 Å². The van der Waals surface area contributed by atoms with Crippen LogP contribution in [0.5, 0.6) is 0 Å². The van der Waals surface area contributed by atoms with Crippen molar-refractivity contribution in [2.24, 2.45) is 5.10 Å². The number of hydrogen-bond acceptors (Lipinski definition) is 3. The van der Waals surface area contributed by atoms with Crippen molar-refractivity contribution in [1.29, 1.82) is 0 Å². The molecule has 0 bridgehead atoms. The second-order valence-electron chi connectivity index (χ2n) is 2.94. The van der Waals surface area contributed by atoms with Gasteiger partial charge in [0, 0.05) is 17.8 Å². The van der Waals surface area contributed by atoms with Crippen LogP contribution in [0, 0.1) is 0 Å². The van der Waals surface area contributed by atoms with Crippen molar-refractivity contribution in [3.05, 3.63) is 0 Å². The minimum atomic E-state index is 0.233. The van der Waals surface area contributed by atoms with Gasteiger partial charge in [0.05, 0.1) is 0 Å². The topological polar surface area (TPSA) is 18.8 Å². The molecule has 0 radical (unpaired) electrons. The number of rotatable bonds is 2. The SMILES string of the molecule is CCC1N(Cl)C=NN1C(C)C. The standard InChI is InChI=1S/C7H14ClN3/c1-4-7-10(8)5-9-11(7)6(2)3/h5-7H,4H2,1-3H3. The van der Waals surface area contributed by atoms with Gasteiger partial charge in [-0.05, 0) is 20.3 Å². The molecule has 0 aromatic carbocycles. The molecule has 0 amide bonds. The first-order valence-electron chi connectivity index (χ1n) is 3.93. The zero-order chi connectivity index (χ0) is 8.43. The van der Waals surface area contributed by atoms with Crippen molar-refractivity contribution >= 4 is 18.1 Å². The summed E-state index contributed by atoms with van der Waals surface area (Å²) in [5.74, 6) is 0. The van der Waals surface area contributed by atoms with Gasteiger partial charge in [-0.1, -0.05) is 6.92 Å². The first-order chi connectivity index (χ1) is 5.16. The van der Waals surface area contributed by atoms with Gasteiger partial charge < -0.3 is 0 Å². The van der Waals surface area contributed by atoms with E-state index < -0.39 is 0 Å². The lowest BCUT2D eigenvalue weighted by atomic mass is 10.3. The van der Waals surface area contributed by atoms with Gasteiger partial charge in [-0.25, -0.2) is 4.42 Å². The highest BCUT2D eigenvalue weighted by molar-refractivity contribution is 6.19. The molecule has 0 aromatic heterocycles. The van der Waals surface area contributed by atoms with E-state index >= 15 is 0 Å². The van der Waals surface area contributed by atoms with E-state index in [0.717, 1.165) is 6.42 Å². The van der Waals surface area contributed by atoms with Gasteiger partial charge >= 0.3 is 0 Å². The van der Waals surface area contributed by atoms with Crippen molar-refractivity contribution < 1.29 is 0 Å². The smallest absolute Gasteiger partial charge is 0.134 e. The van der Waals surface area contributed by atoms with Gasteiger partial charge in [-0.15, -0.1) is 0 Å². The number of hydrazone groups is 1. The predicted octanol–water partition coefficient (Wildman–Crippen LogP) is 1.85. The van der Waals surface area contributed by atoms with E-state index in [-0.39, 0.29) is 6.17 Å². The highest BCUT2D eigenvalue weighted by Gasteiger charge is 2.26. The molecule has 3 nitrogen and oxygen atoms in total. The van der Waals surface area contributed by atoms with Crippen molar-refractivity contribution in [1.82, 2.24) is 9.43 Å². The summed E-state index contributed by atoms with van der Waals surface area (Å²) in [7, 11) is 0. The van der Waals surface area contributed by atoms with Crippen LogP contribution in [-0.4, -0.2) is 28.0 Å². The molecule has 11 heavy (non-hydrogen) atoms. The molecule has 0 N–H and O–H groups in total. The Balaban J connectivity index is 2.61. The molecular formula is C7H14ClN3. The maximum Gasteiger partial charge on any atom is 0.134 e. The fourth-order valence-electron chi connectivity index (χ4n) is 1.21. The Morgan fingerprint density at radius 1 is 1.64 bits per heavy atom. The molecule has 1 unspecified atom stereocenters. The van der Waals surface area contributed by atoms with E-state index in [9.17, 15) is 0 Å². The highest BCUT2D eigenvalue weighted by Crippen LogP contribution is 2.19. The molecule has 0 saturated carbocycles. The molecule has 64 valence electrons. The molecule has 1 atom stereocenters. The van der Waals surface area contributed by atoms with Crippen LogP contribution in [0.3, 0.4) is 0 Å². The Kier molecular flexibility index (Phi) is 2.60. The quantitative estimate of drug-likeness (QED) is 0.597. The molecule has 1 rings (SSSR count).